The number of halogens is 1. The molecule has 0 amide bonds. The van der Waals surface area contributed by atoms with Gasteiger partial charge >= 0.3 is 0 Å². The van der Waals surface area contributed by atoms with Crippen molar-refractivity contribution in [3.63, 3.8) is 0 Å². The molecule has 0 radical (unpaired) electrons. The van der Waals surface area contributed by atoms with Gasteiger partial charge in [-0.15, -0.1) is 0 Å². The quantitative estimate of drug-likeness (QED) is 0.788. The van der Waals surface area contributed by atoms with Gasteiger partial charge in [0.1, 0.15) is 0 Å². The molecule has 0 unspecified atom stereocenters. The zero-order chi connectivity index (χ0) is 10.9. The summed E-state index contributed by atoms with van der Waals surface area (Å²) in [5.41, 5.74) is 1.78. The van der Waals surface area contributed by atoms with Crippen molar-refractivity contribution in [3.8, 4) is 0 Å². The fourth-order valence-electron chi connectivity index (χ4n) is 2.31. The van der Waals surface area contributed by atoms with Crippen LogP contribution in [-0.4, -0.2) is 17.0 Å². The Morgan fingerprint density at radius 3 is 2.80 bits per heavy atom. The van der Waals surface area contributed by atoms with Gasteiger partial charge in [0.25, 0.3) is 0 Å². The Labute approximate surface area is 101 Å². The van der Waals surface area contributed by atoms with Crippen LogP contribution >= 0.6 is 15.9 Å². The van der Waals surface area contributed by atoms with Crippen molar-refractivity contribution in [2.45, 2.75) is 38.8 Å². The van der Waals surface area contributed by atoms with Crippen molar-refractivity contribution in [1.82, 2.24) is 4.90 Å². The second kappa shape index (κ2) is 4.26. The Morgan fingerprint density at radius 1 is 1.40 bits per heavy atom. The third-order valence-corrected chi connectivity index (χ3v) is 3.83. The van der Waals surface area contributed by atoms with Crippen molar-refractivity contribution in [3.05, 3.63) is 34.3 Å². The molecule has 1 nitrogen and oxygen atoms in total. The van der Waals surface area contributed by atoms with E-state index in [1.54, 1.807) is 0 Å². The molecule has 0 spiro atoms. The first kappa shape index (κ1) is 11.2. The molecule has 1 saturated heterocycles. The van der Waals surface area contributed by atoms with E-state index in [0.717, 1.165) is 6.54 Å². The fourth-order valence-corrected chi connectivity index (χ4v) is 2.76. The van der Waals surface area contributed by atoms with Crippen LogP contribution < -0.4 is 0 Å². The first-order chi connectivity index (χ1) is 7.08. The third kappa shape index (κ3) is 2.61. The summed E-state index contributed by atoms with van der Waals surface area (Å²) >= 11 is 3.52. The summed E-state index contributed by atoms with van der Waals surface area (Å²) in [5, 5.41) is 0. The molecule has 0 aromatic heterocycles. The Kier molecular flexibility index (Phi) is 3.17. The van der Waals surface area contributed by atoms with E-state index < -0.39 is 0 Å². The van der Waals surface area contributed by atoms with Gasteiger partial charge in [-0.3, -0.25) is 4.90 Å². The molecule has 2 heteroatoms. The molecule has 1 aromatic rings. The highest BCUT2D eigenvalue weighted by atomic mass is 79.9. The summed E-state index contributed by atoms with van der Waals surface area (Å²) in [6.45, 7) is 7.00. The predicted molar refractivity (Wildman–Crippen MR) is 67.9 cm³/mol. The molecule has 0 saturated carbocycles. The molecule has 82 valence electrons. The maximum Gasteiger partial charge on any atom is 0.0239 e. The average molecular weight is 268 g/mol. The second-order valence-corrected chi connectivity index (χ2v) is 5.88. The van der Waals surface area contributed by atoms with Gasteiger partial charge in [-0.25, -0.2) is 0 Å². The summed E-state index contributed by atoms with van der Waals surface area (Å²) in [6, 6.07) is 8.62. The first-order valence-corrected chi connectivity index (χ1v) is 6.37. The van der Waals surface area contributed by atoms with Crippen molar-refractivity contribution in [2.75, 3.05) is 6.54 Å². The van der Waals surface area contributed by atoms with E-state index in [9.17, 15) is 0 Å². The van der Waals surface area contributed by atoms with Crippen LogP contribution in [0.1, 0.15) is 32.3 Å². The molecule has 1 aliphatic heterocycles. The monoisotopic (exact) mass is 267 g/mol. The zero-order valence-electron chi connectivity index (χ0n) is 9.46. The average Bonchev–Trinajstić information content (AvgIpc) is 2.46. The van der Waals surface area contributed by atoms with Gasteiger partial charge in [0.05, 0.1) is 0 Å². The lowest BCUT2D eigenvalue weighted by molar-refractivity contribution is 0.166. The van der Waals surface area contributed by atoms with Crippen LogP contribution in [0.25, 0.3) is 0 Å². The van der Waals surface area contributed by atoms with Gasteiger partial charge in [-0.2, -0.15) is 0 Å². The summed E-state index contributed by atoms with van der Waals surface area (Å²) in [5.74, 6) is 0. The fraction of sp³-hybridized carbons (Fsp3) is 0.538. The first-order valence-electron chi connectivity index (χ1n) is 5.57. The van der Waals surface area contributed by atoms with Crippen LogP contribution in [-0.2, 0) is 6.54 Å². The number of benzene rings is 1. The normalized spacial score (nSPS) is 20.7. The summed E-state index contributed by atoms with van der Waals surface area (Å²) in [6.07, 6.45) is 2.65. The third-order valence-electron chi connectivity index (χ3n) is 3.34. The highest BCUT2D eigenvalue weighted by molar-refractivity contribution is 9.10. The van der Waals surface area contributed by atoms with Crippen LogP contribution in [0.2, 0.25) is 0 Å². The summed E-state index contributed by atoms with van der Waals surface area (Å²) in [7, 11) is 0. The summed E-state index contributed by atoms with van der Waals surface area (Å²) in [4.78, 5) is 2.58. The van der Waals surface area contributed by atoms with Crippen LogP contribution in [0.3, 0.4) is 0 Å². The summed E-state index contributed by atoms with van der Waals surface area (Å²) < 4.78 is 1.18. The van der Waals surface area contributed by atoms with Crippen molar-refractivity contribution >= 4 is 15.9 Å². The molecule has 0 N–H and O–H groups in total. The lowest BCUT2D eigenvalue weighted by atomic mass is 10.0. The predicted octanol–water partition coefficient (Wildman–Crippen LogP) is 3.82. The van der Waals surface area contributed by atoms with Gasteiger partial charge < -0.3 is 0 Å². The van der Waals surface area contributed by atoms with E-state index in [4.69, 9.17) is 0 Å². The minimum Gasteiger partial charge on any atom is -0.294 e. The minimum absolute atomic E-state index is 0.377. The van der Waals surface area contributed by atoms with Gasteiger partial charge in [0.2, 0.25) is 0 Å². The standard InChI is InChI=1S/C13H18BrN/c1-13(2)7-4-8-15(13)10-11-5-3-6-12(14)9-11/h3,5-6,9H,4,7-8,10H2,1-2H3. The SMILES string of the molecule is CC1(C)CCCN1Cc1cccc(Br)c1. The molecule has 1 aromatic carbocycles. The number of hydrogen-bond acceptors (Lipinski definition) is 1. The molecular weight excluding hydrogens is 250 g/mol. The Morgan fingerprint density at radius 2 is 2.20 bits per heavy atom. The Balaban J connectivity index is 2.09. The van der Waals surface area contributed by atoms with E-state index in [0.29, 0.717) is 5.54 Å². The maximum absolute atomic E-state index is 3.52. The highest BCUT2D eigenvalue weighted by Gasteiger charge is 2.31. The van der Waals surface area contributed by atoms with E-state index in [1.807, 2.05) is 0 Å². The van der Waals surface area contributed by atoms with E-state index >= 15 is 0 Å². The van der Waals surface area contributed by atoms with Gasteiger partial charge in [-0.1, -0.05) is 28.1 Å². The van der Waals surface area contributed by atoms with Crippen LogP contribution in [0, 0.1) is 0 Å². The van der Waals surface area contributed by atoms with Gasteiger partial charge in [-0.05, 0) is 50.9 Å². The molecule has 1 heterocycles. The topological polar surface area (TPSA) is 3.24 Å². The van der Waals surface area contributed by atoms with Gasteiger partial charge in [0, 0.05) is 16.6 Å². The van der Waals surface area contributed by atoms with E-state index in [2.05, 4.69) is 58.9 Å². The molecular formula is C13H18BrN. The highest BCUT2D eigenvalue weighted by Crippen LogP contribution is 2.29. The zero-order valence-corrected chi connectivity index (χ0v) is 11.0. The van der Waals surface area contributed by atoms with E-state index in [1.165, 1.54) is 29.4 Å². The second-order valence-electron chi connectivity index (χ2n) is 4.97. The van der Waals surface area contributed by atoms with Crippen molar-refractivity contribution in [1.29, 1.82) is 0 Å². The lowest BCUT2D eigenvalue weighted by Gasteiger charge is -2.31. The largest absolute Gasteiger partial charge is 0.294 e. The number of nitrogens with zero attached hydrogens (tertiary/aromatic N) is 1. The Bertz CT molecular complexity index is 346. The van der Waals surface area contributed by atoms with Crippen LogP contribution in [0.15, 0.2) is 28.7 Å². The molecule has 0 aliphatic carbocycles. The smallest absolute Gasteiger partial charge is 0.0239 e. The number of hydrogen-bond donors (Lipinski definition) is 0. The number of likely N-dealkylation sites (tertiary alicyclic amines) is 1. The van der Waals surface area contributed by atoms with Crippen LogP contribution in [0.5, 0.6) is 0 Å². The number of rotatable bonds is 2. The van der Waals surface area contributed by atoms with Crippen molar-refractivity contribution in [2.24, 2.45) is 0 Å². The lowest BCUT2D eigenvalue weighted by Crippen LogP contribution is -2.37. The molecule has 2 rings (SSSR count). The minimum atomic E-state index is 0.377. The van der Waals surface area contributed by atoms with Gasteiger partial charge in [0.15, 0.2) is 0 Å². The molecule has 1 aliphatic rings. The van der Waals surface area contributed by atoms with E-state index in [-0.39, 0.29) is 0 Å². The molecule has 15 heavy (non-hydrogen) atoms. The Hall–Kier alpha value is -0.340. The molecule has 1 fully saturated rings. The van der Waals surface area contributed by atoms with Crippen LogP contribution in [0.4, 0.5) is 0 Å². The molecule has 0 atom stereocenters. The maximum atomic E-state index is 3.52. The molecule has 0 bridgehead atoms. The van der Waals surface area contributed by atoms with Crippen molar-refractivity contribution < 1.29 is 0 Å².